The highest BCUT2D eigenvalue weighted by molar-refractivity contribution is 5.95. The Morgan fingerprint density at radius 1 is 1.12 bits per heavy atom. The maximum atomic E-state index is 13.7. The maximum Gasteiger partial charge on any atom is 0.257 e. The standard InChI is InChI=1S/C26H30FN5O2/c1-18(2)24-21(17-30-32(24)23-9-5-6-13-28-23)26(34)31-15-11-20(12-16-31)25(33)29-14-10-19-7-3-4-8-22(19)27/h3-9,13,17-18,20H,10-12,14-16H2,1-2H3,(H,29,33). The number of halogens is 1. The molecule has 178 valence electrons. The minimum Gasteiger partial charge on any atom is -0.356 e. The number of nitrogens with zero attached hydrogens (tertiary/aromatic N) is 4. The quantitative estimate of drug-likeness (QED) is 0.579. The van der Waals surface area contributed by atoms with Gasteiger partial charge in [0.05, 0.1) is 17.5 Å². The number of likely N-dealkylation sites (tertiary alicyclic amines) is 1. The minimum atomic E-state index is -0.254. The molecule has 0 bridgehead atoms. The lowest BCUT2D eigenvalue weighted by Crippen LogP contribution is -2.43. The molecule has 3 aromatic rings. The van der Waals surface area contributed by atoms with E-state index in [9.17, 15) is 14.0 Å². The molecule has 1 saturated heterocycles. The Balaban J connectivity index is 1.34. The number of pyridine rings is 1. The van der Waals surface area contributed by atoms with Crippen LogP contribution in [-0.4, -0.2) is 51.1 Å². The van der Waals surface area contributed by atoms with Gasteiger partial charge in [-0.25, -0.2) is 14.1 Å². The van der Waals surface area contributed by atoms with Crippen LogP contribution in [0.5, 0.6) is 0 Å². The normalized spacial score (nSPS) is 14.4. The number of aromatic nitrogens is 3. The average Bonchev–Trinajstić information content (AvgIpc) is 3.31. The van der Waals surface area contributed by atoms with Crippen molar-refractivity contribution in [2.75, 3.05) is 19.6 Å². The van der Waals surface area contributed by atoms with Crippen molar-refractivity contribution in [3.8, 4) is 5.82 Å². The van der Waals surface area contributed by atoms with Gasteiger partial charge in [-0.2, -0.15) is 5.10 Å². The largest absolute Gasteiger partial charge is 0.356 e. The van der Waals surface area contributed by atoms with Crippen LogP contribution in [0.1, 0.15) is 54.2 Å². The van der Waals surface area contributed by atoms with Crippen LogP contribution >= 0.6 is 0 Å². The summed E-state index contributed by atoms with van der Waals surface area (Å²) in [6.07, 6.45) is 4.97. The third-order valence-corrected chi connectivity index (χ3v) is 6.25. The van der Waals surface area contributed by atoms with E-state index in [0.717, 1.165) is 5.69 Å². The molecule has 3 heterocycles. The van der Waals surface area contributed by atoms with Crippen LogP contribution in [0, 0.1) is 11.7 Å². The summed E-state index contributed by atoms with van der Waals surface area (Å²) in [6, 6.07) is 12.2. The van der Waals surface area contributed by atoms with E-state index in [0.29, 0.717) is 55.8 Å². The average molecular weight is 464 g/mol. The van der Waals surface area contributed by atoms with Gasteiger partial charge in [0.15, 0.2) is 5.82 Å². The second kappa shape index (κ2) is 10.6. The van der Waals surface area contributed by atoms with Gasteiger partial charge in [-0.15, -0.1) is 0 Å². The SMILES string of the molecule is CC(C)c1c(C(=O)N2CCC(C(=O)NCCc3ccccc3F)CC2)cnn1-c1ccccn1. The van der Waals surface area contributed by atoms with Crippen LogP contribution in [0.4, 0.5) is 4.39 Å². The molecule has 0 spiro atoms. The first-order valence-corrected chi connectivity index (χ1v) is 11.8. The van der Waals surface area contributed by atoms with Crippen LogP contribution < -0.4 is 5.32 Å². The van der Waals surface area contributed by atoms with Crippen molar-refractivity contribution in [2.45, 2.75) is 39.0 Å². The number of piperidine rings is 1. The van der Waals surface area contributed by atoms with Crippen LogP contribution in [0.15, 0.2) is 54.9 Å². The lowest BCUT2D eigenvalue weighted by molar-refractivity contribution is -0.126. The molecule has 1 aliphatic heterocycles. The number of benzene rings is 1. The molecule has 0 aliphatic carbocycles. The van der Waals surface area contributed by atoms with E-state index in [1.807, 2.05) is 32.0 Å². The van der Waals surface area contributed by atoms with E-state index in [2.05, 4.69) is 15.4 Å². The van der Waals surface area contributed by atoms with Gasteiger partial charge >= 0.3 is 0 Å². The Bertz CT molecular complexity index is 1140. The monoisotopic (exact) mass is 463 g/mol. The van der Waals surface area contributed by atoms with Gasteiger partial charge < -0.3 is 10.2 Å². The zero-order valence-corrected chi connectivity index (χ0v) is 19.6. The summed E-state index contributed by atoms with van der Waals surface area (Å²) in [4.78, 5) is 32.1. The van der Waals surface area contributed by atoms with Gasteiger partial charge in [0, 0.05) is 31.7 Å². The van der Waals surface area contributed by atoms with E-state index >= 15 is 0 Å². The number of carbonyl (C=O) groups excluding carboxylic acids is 2. The number of rotatable bonds is 7. The summed E-state index contributed by atoms with van der Waals surface area (Å²) in [7, 11) is 0. The minimum absolute atomic E-state index is 0.0331. The van der Waals surface area contributed by atoms with Crippen LogP contribution in [0.3, 0.4) is 0 Å². The zero-order valence-electron chi connectivity index (χ0n) is 19.6. The molecular weight excluding hydrogens is 433 g/mol. The van der Waals surface area contributed by atoms with Gasteiger partial charge in [-0.1, -0.05) is 38.1 Å². The van der Waals surface area contributed by atoms with Crippen molar-refractivity contribution >= 4 is 11.8 Å². The van der Waals surface area contributed by atoms with Crippen molar-refractivity contribution in [3.05, 3.63) is 77.5 Å². The fourth-order valence-electron chi connectivity index (χ4n) is 4.42. The number of amides is 2. The number of hydrogen-bond acceptors (Lipinski definition) is 4. The lowest BCUT2D eigenvalue weighted by Gasteiger charge is -2.31. The molecule has 1 aliphatic rings. The summed E-state index contributed by atoms with van der Waals surface area (Å²) in [5.74, 6) is 0.261. The number of nitrogens with one attached hydrogen (secondary N) is 1. The zero-order chi connectivity index (χ0) is 24.1. The molecule has 4 rings (SSSR count). The van der Waals surface area contributed by atoms with Crippen LogP contribution in [-0.2, 0) is 11.2 Å². The maximum absolute atomic E-state index is 13.7. The molecule has 0 saturated carbocycles. The first-order valence-electron chi connectivity index (χ1n) is 11.8. The Hall–Kier alpha value is -3.55. The lowest BCUT2D eigenvalue weighted by atomic mass is 9.95. The third-order valence-electron chi connectivity index (χ3n) is 6.25. The van der Waals surface area contributed by atoms with E-state index in [1.165, 1.54) is 6.07 Å². The Morgan fingerprint density at radius 2 is 1.85 bits per heavy atom. The van der Waals surface area contributed by atoms with Crippen LogP contribution in [0.25, 0.3) is 5.82 Å². The van der Waals surface area contributed by atoms with Gasteiger partial charge in [0.1, 0.15) is 5.82 Å². The molecule has 7 nitrogen and oxygen atoms in total. The Kier molecular flexibility index (Phi) is 7.35. The van der Waals surface area contributed by atoms with E-state index in [-0.39, 0.29) is 29.5 Å². The Morgan fingerprint density at radius 3 is 2.53 bits per heavy atom. The summed E-state index contributed by atoms with van der Waals surface area (Å²) in [6.45, 7) is 5.48. The van der Waals surface area contributed by atoms with Crippen molar-refractivity contribution in [1.82, 2.24) is 25.0 Å². The molecule has 1 aromatic carbocycles. The smallest absolute Gasteiger partial charge is 0.257 e. The predicted molar refractivity (Wildman–Crippen MR) is 127 cm³/mol. The Labute approximate surface area is 199 Å². The molecular formula is C26H30FN5O2. The first-order chi connectivity index (χ1) is 16.5. The highest BCUT2D eigenvalue weighted by Crippen LogP contribution is 2.26. The molecule has 34 heavy (non-hydrogen) atoms. The summed E-state index contributed by atoms with van der Waals surface area (Å²) >= 11 is 0. The number of hydrogen-bond donors (Lipinski definition) is 1. The molecule has 8 heteroatoms. The van der Waals surface area contributed by atoms with Gasteiger partial charge in [-0.05, 0) is 48.9 Å². The van der Waals surface area contributed by atoms with E-state index in [4.69, 9.17) is 0 Å². The van der Waals surface area contributed by atoms with Crippen LogP contribution in [0.2, 0.25) is 0 Å². The fourth-order valence-corrected chi connectivity index (χ4v) is 4.42. The van der Waals surface area contributed by atoms with Crippen molar-refractivity contribution in [2.24, 2.45) is 5.92 Å². The van der Waals surface area contributed by atoms with Crippen molar-refractivity contribution < 1.29 is 14.0 Å². The highest BCUT2D eigenvalue weighted by Gasteiger charge is 2.30. The highest BCUT2D eigenvalue weighted by atomic mass is 19.1. The molecule has 2 amide bonds. The van der Waals surface area contributed by atoms with Gasteiger partial charge in [0.25, 0.3) is 5.91 Å². The second-order valence-corrected chi connectivity index (χ2v) is 8.90. The van der Waals surface area contributed by atoms with Crippen molar-refractivity contribution in [1.29, 1.82) is 0 Å². The van der Waals surface area contributed by atoms with Crippen molar-refractivity contribution in [3.63, 3.8) is 0 Å². The first kappa shape index (κ1) is 23.6. The predicted octanol–water partition coefficient (Wildman–Crippen LogP) is 3.74. The molecule has 0 unspecified atom stereocenters. The third kappa shape index (κ3) is 5.16. The van der Waals surface area contributed by atoms with E-state index < -0.39 is 0 Å². The molecule has 2 aromatic heterocycles. The molecule has 0 radical (unpaired) electrons. The van der Waals surface area contributed by atoms with Gasteiger partial charge in [0.2, 0.25) is 5.91 Å². The molecule has 0 atom stereocenters. The van der Waals surface area contributed by atoms with Gasteiger partial charge in [-0.3, -0.25) is 9.59 Å². The summed E-state index contributed by atoms with van der Waals surface area (Å²) in [5.41, 5.74) is 2.00. The number of carbonyl (C=O) groups is 2. The van der Waals surface area contributed by atoms with E-state index in [1.54, 1.807) is 40.2 Å². The molecule has 1 fully saturated rings. The molecule has 1 N–H and O–H groups in total. The summed E-state index contributed by atoms with van der Waals surface area (Å²) in [5, 5.41) is 7.37. The topological polar surface area (TPSA) is 80.1 Å². The fraction of sp³-hybridized carbons (Fsp3) is 0.385. The summed E-state index contributed by atoms with van der Waals surface area (Å²) < 4.78 is 15.5. The second-order valence-electron chi connectivity index (χ2n) is 8.90.